The van der Waals surface area contributed by atoms with Crippen LogP contribution < -0.4 is 10.1 Å². The molecule has 0 bridgehead atoms. The molecule has 1 aromatic rings. The van der Waals surface area contributed by atoms with Crippen LogP contribution in [0.4, 0.5) is 0 Å². The maximum Gasteiger partial charge on any atom is 0.307 e. The minimum Gasteiger partial charge on any atom is -0.497 e. The predicted molar refractivity (Wildman–Crippen MR) is 99.7 cm³/mol. The van der Waals surface area contributed by atoms with Crippen LogP contribution in [-0.4, -0.2) is 49.3 Å². The molecule has 0 aliphatic carbocycles. The Morgan fingerprint density at radius 3 is 2.60 bits per heavy atom. The molecule has 5 heteroatoms. The largest absolute Gasteiger partial charge is 0.497 e. The van der Waals surface area contributed by atoms with Crippen molar-refractivity contribution in [2.45, 2.75) is 64.7 Å². The van der Waals surface area contributed by atoms with Crippen molar-refractivity contribution < 1.29 is 14.3 Å². The van der Waals surface area contributed by atoms with Crippen molar-refractivity contribution in [2.24, 2.45) is 0 Å². The standard InChI is InChI=1S/C20H32N2O3/c1-5-25-20(23)12-18-9-8-17(21-15(2)3)14-22(18)13-16-6-10-19(24-4)11-7-16/h6-7,10-11,15,17-18,21H,5,8-9,12-14H2,1-4H3/t17?,18-/m0/s1. The topological polar surface area (TPSA) is 50.8 Å². The molecule has 1 heterocycles. The van der Waals surface area contributed by atoms with Crippen LogP contribution in [0.15, 0.2) is 24.3 Å². The molecule has 1 unspecified atom stereocenters. The first-order valence-corrected chi connectivity index (χ1v) is 9.30. The molecular formula is C20H32N2O3. The fraction of sp³-hybridized carbons (Fsp3) is 0.650. The van der Waals surface area contributed by atoms with Crippen LogP contribution in [0, 0.1) is 0 Å². The van der Waals surface area contributed by atoms with Crippen LogP contribution in [0.3, 0.4) is 0 Å². The summed E-state index contributed by atoms with van der Waals surface area (Å²) in [4.78, 5) is 14.4. The zero-order chi connectivity index (χ0) is 18.2. The molecule has 2 atom stereocenters. The zero-order valence-electron chi connectivity index (χ0n) is 16.0. The second-order valence-corrected chi connectivity index (χ2v) is 7.04. The summed E-state index contributed by atoms with van der Waals surface area (Å²) in [5.41, 5.74) is 1.24. The lowest BCUT2D eigenvalue weighted by Crippen LogP contribution is -2.52. The zero-order valence-corrected chi connectivity index (χ0v) is 16.0. The Morgan fingerprint density at radius 1 is 1.28 bits per heavy atom. The van der Waals surface area contributed by atoms with Gasteiger partial charge in [0.1, 0.15) is 5.75 Å². The lowest BCUT2D eigenvalue weighted by molar-refractivity contribution is -0.145. The third-order valence-electron chi connectivity index (χ3n) is 4.64. The number of methoxy groups -OCH3 is 1. The van der Waals surface area contributed by atoms with Gasteiger partial charge in [0.05, 0.1) is 20.1 Å². The van der Waals surface area contributed by atoms with E-state index in [2.05, 4.69) is 36.2 Å². The van der Waals surface area contributed by atoms with Gasteiger partial charge in [-0.15, -0.1) is 0 Å². The molecule has 0 spiro atoms. The molecule has 1 aliphatic rings. The molecule has 1 aromatic carbocycles. The summed E-state index contributed by atoms with van der Waals surface area (Å²) in [5, 5.41) is 3.64. The summed E-state index contributed by atoms with van der Waals surface area (Å²) >= 11 is 0. The van der Waals surface area contributed by atoms with E-state index in [4.69, 9.17) is 9.47 Å². The van der Waals surface area contributed by atoms with Gasteiger partial charge in [0.2, 0.25) is 0 Å². The highest BCUT2D eigenvalue weighted by molar-refractivity contribution is 5.70. The Hall–Kier alpha value is -1.59. The van der Waals surface area contributed by atoms with Gasteiger partial charge in [-0.25, -0.2) is 0 Å². The minimum absolute atomic E-state index is 0.0949. The van der Waals surface area contributed by atoms with Gasteiger partial charge in [0, 0.05) is 31.2 Å². The average molecular weight is 348 g/mol. The van der Waals surface area contributed by atoms with E-state index in [1.807, 2.05) is 19.1 Å². The first-order valence-electron chi connectivity index (χ1n) is 9.30. The van der Waals surface area contributed by atoms with Crippen molar-refractivity contribution in [3.8, 4) is 5.75 Å². The molecule has 25 heavy (non-hydrogen) atoms. The maximum atomic E-state index is 12.0. The number of benzene rings is 1. The quantitative estimate of drug-likeness (QED) is 0.732. The Morgan fingerprint density at radius 2 is 2.00 bits per heavy atom. The molecule has 0 aromatic heterocycles. The third kappa shape index (κ3) is 6.33. The smallest absolute Gasteiger partial charge is 0.307 e. The number of nitrogens with zero attached hydrogens (tertiary/aromatic N) is 1. The van der Waals surface area contributed by atoms with Gasteiger partial charge in [-0.3, -0.25) is 9.69 Å². The number of carbonyl (C=O) groups is 1. The van der Waals surface area contributed by atoms with Crippen LogP contribution in [0.5, 0.6) is 5.75 Å². The SMILES string of the molecule is CCOC(=O)C[C@@H]1CCC(NC(C)C)CN1Cc1ccc(OC)cc1. The number of nitrogens with one attached hydrogen (secondary N) is 1. The van der Waals surface area contributed by atoms with Crippen molar-refractivity contribution in [2.75, 3.05) is 20.3 Å². The predicted octanol–water partition coefficient (Wildman–Crippen LogP) is 2.98. The van der Waals surface area contributed by atoms with Crippen LogP contribution >= 0.6 is 0 Å². The van der Waals surface area contributed by atoms with E-state index in [1.54, 1.807) is 7.11 Å². The number of hydrogen-bond acceptors (Lipinski definition) is 5. The van der Waals surface area contributed by atoms with Crippen molar-refractivity contribution in [1.29, 1.82) is 0 Å². The van der Waals surface area contributed by atoms with Crippen LogP contribution in [0.25, 0.3) is 0 Å². The van der Waals surface area contributed by atoms with E-state index < -0.39 is 0 Å². The summed E-state index contributed by atoms with van der Waals surface area (Å²) < 4.78 is 10.4. The highest BCUT2D eigenvalue weighted by Gasteiger charge is 2.30. The van der Waals surface area contributed by atoms with Gasteiger partial charge >= 0.3 is 5.97 Å². The van der Waals surface area contributed by atoms with Crippen molar-refractivity contribution in [3.63, 3.8) is 0 Å². The average Bonchev–Trinajstić information content (AvgIpc) is 2.57. The van der Waals surface area contributed by atoms with Crippen LogP contribution in [0.1, 0.15) is 45.6 Å². The number of piperidine rings is 1. The second kappa shape index (κ2) is 9.78. The Balaban J connectivity index is 2.04. The molecule has 140 valence electrons. The summed E-state index contributed by atoms with van der Waals surface area (Å²) in [6, 6.07) is 9.35. The van der Waals surface area contributed by atoms with Gasteiger partial charge in [0.25, 0.3) is 0 Å². The number of esters is 1. The number of likely N-dealkylation sites (tertiary alicyclic amines) is 1. The van der Waals surface area contributed by atoms with Gasteiger partial charge in [-0.05, 0) is 37.5 Å². The van der Waals surface area contributed by atoms with Crippen molar-refractivity contribution in [1.82, 2.24) is 10.2 Å². The third-order valence-corrected chi connectivity index (χ3v) is 4.64. The summed E-state index contributed by atoms with van der Waals surface area (Å²) in [7, 11) is 1.68. The Kier molecular flexibility index (Phi) is 7.72. The minimum atomic E-state index is -0.0949. The molecule has 1 saturated heterocycles. The van der Waals surface area contributed by atoms with E-state index in [0.29, 0.717) is 25.1 Å². The fourth-order valence-corrected chi connectivity index (χ4v) is 3.51. The van der Waals surface area contributed by atoms with E-state index in [9.17, 15) is 4.79 Å². The lowest BCUT2D eigenvalue weighted by atomic mass is 9.94. The number of rotatable bonds is 8. The van der Waals surface area contributed by atoms with E-state index in [1.165, 1.54) is 5.56 Å². The molecule has 1 aliphatic heterocycles. The first-order chi connectivity index (χ1) is 12.0. The fourth-order valence-electron chi connectivity index (χ4n) is 3.51. The van der Waals surface area contributed by atoms with Gasteiger partial charge in [0.15, 0.2) is 0 Å². The molecule has 5 nitrogen and oxygen atoms in total. The van der Waals surface area contributed by atoms with Crippen LogP contribution in [-0.2, 0) is 16.1 Å². The second-order valence-electron chi connectivity index (χ2n) is 7.04. The van der Waals surface area contributed by atoms with Crippen molar-refractivity contribution >= 4 is 5.97 Å². The Bertz CT molecular complexity index is 530. The lowest BCUT2D eigenvalue weighted by Gasteiger charge is -2.40. The highest BCUT2D eigenvalue weighted by atomic mass is 16.5. The monoisotopic (exact) mass is 348 g/mol. The maximum absolute atomic E-state index is 12.0. The molecule has 1 N–H and O–H groups in total. The molecule has 0 amide bonds. The van der Waals surface area contributed by atoms with E-state index in [0.717, 1.165) is 31.7 Å². The van der Waals surface area contributed by atoms with Crippen molar-refractivity contribution in [3.05, 3.63) is 29.8 Å². The van der Waals surface area contributed by atoms with E-state index >= 15 is 0 Å². The summed E-state index contributed by atoms with van der Waals surface area (Å²) in [6.07, 6.45) is 2.58. The number of ether oxygens (including phenoxy) is 2. The normalized spacial score (nSPS) is 21.3. The molecule has 1 fully saturated rings. The van der Waals surface area contributed by atoms with E-state index in [-0.39, 0.29) is 12.0 Å². The highest BCUT2D eigenvalue weighted by Crippen LogP contribution is 2.24. The van der Waals surface area contributed by atoms with Gasteiger partial charge in [-0.1, -0.05) is 26.0 Å². The first kappa shape index (κ1) is 19.7. The molecular weight excluding hydrogens is 316 g/mol. The molecule has 0 radical (unpaired) electrons. The number of carbonyl (C=O) groups excluding carboxylic acids is 1. The Labute approximate surface area is 151 Å². The van der Waals surface area contributed by atoms with Crippen LogP contribution in [0.2, 0.25) is 0 Å². The van der Waals surface area contributed by atoms with Gasteiger partial charge in [-0.2, -0.15) is 0 Å². The molecule has 0 saturated carbocycles. The van der Waals surface area contributed by atoms with Gasteiger partial charge < -0.3 is 14.8 Å². The number of hydrogen-bond donors (Lipinski definition) is 1. The summed E-state index contributed by atoms with van der Waals surface area (Å²) in [6.45, 7) is 8.45. The summed E-state index contributed by atoms with van der Waals surface area (Å²) in [5.74, 6) is 0.771. The molecule has 2 rings (SSSR count).